The van der Waals surface area contributed by atoms with Crippen molar-refractivity contribution in [3.05, 3.63) is 41.2 Å². The molecule has 1 aromatic carbocycles. The number of H-pyrrole nitrogens is 1. The minimum atomic E-state index is -0.581. The number of carbonyl (C=O) groups excluding carboxylic acids is 2. The Morgan fingerprint density at radius 2 is 2.03 bits per heavy atom. The highest BCUT2D eigenvalue weighted by atomic mass is 16.5. The zero-order chi connectivity index (χ0) is 26.4. The van der Waals surface area contributed by atoms with Crippen molar-refractivity contribution in [1.82, 2.24) is 19.8 Å². The number of nitriles is 1. The minimum absolute atomic E-state index is 0.0394. The number of fused-ring (bicyclic) bond motifs is 1. The summed E-state index contributed by atoms with van der Waals surface area (Å²) in [4.78, 5) is 35.7. The first kappa shape index (κ1) is 26.1. The molecule has 37 heavy (non-hydrogen) atoms. The molecule has 2 saturated heterocycles. The topological polar surface area (TPSA) is 124 Å². The molecule has 0 bridgehead atoms. The van der Waals surface area contributed by atoms with E-state index in [4.69, 9.17) is 10.00 Å². The number of imidazole rings is 1. The number of ether oxygens (including phenoxy) is 2. The number of likely N-dealkylation sites (tertiary alicyclic amines) is 1. The highest BCUT2D eigenvalue weighted by Gasteiger charge is 2.27. The first-order valence-corrected chi connectivity index (χ1v) is 12.7. The largest absolute Gasteiger partial charge is 0.496 e. The number of rotatable bonds is 4. The molecule has 0 radical (unpaired) electrons. The smallest absolute Gasteiger partial charge is 0.413 e. The molecule has 2 N–H and O–H groups in total. The summed E-state index contributed by atoms with van der Waals surface area (Å²) in [5.74, 6) is 1.29. The maximum absolute atomic E-state index is 13.0. The number of hydrogen-bond donors (Lipinski definition) is 2. The molecular weight excluding hydrogens is 472 g/mol. The van der Waals surface area contributed by atoms with Crippen molar-refractivity contribution in [1.29, 1.82) is 5.26 Å². The van der Waals surface area contributed by atoms with Gasteiger partial charge in [0.2, 0.25) is 5.95 Å². The molecule has 10 nitrogen and oxygen atoms in total. The minimum Gasteiger partial charge on any atom is -0.496 e. The van der Waals surface area contributed by atoms with Gasteiger partial charge in [-0.3, -0.25) is 5.32 Å². The van der Waals surface area contributed by atoms with Crippen molar-refractivity contribution < 1.29 is 19.1 Å². The lowest BCUT2D eigenvalue weighted by atomic mass is 9.99. The van der Waals surface area contributed by atoms with Gasteiger partial charge in [-0.25, -0.2) is 14.6 Å². The summed E-state index contributed by atoms with van der Waals surface area (Å²) in [5.41, 5.74) is 4.79. The molecule has 1 aromatic heterocycles. The average Bonchev–Trinajstić information content (AvgIpc) is 3.15. The number of allylic oxidation sites excluding steroid dienone is 3. The van der Waals surface area contributed by atoms with Crippen molar-refractivity contribution in [3.8, 4) is 6.07 Å². The summed E-state index contributed by atoms with van der Waals surface area (Å²) < 4.78 is 10.7. The van der Waals surface area contributed by atoms with Gasteiger partial charge in [-0.2, -0.15) is 5.26 Å². The Hall–Kier alpha value is -4.00. The van der Waals surface area contributed by atoms with Crippen molar-refractivity contribution in [2.75, 3.05) is 45.2 Å². The second-order valence-electron chi connectivity index (χ2n) is 9.32. The fourth-order valence-corrected chi connectivity index (χ4v) is 4.75. The van der Waals surface area contributed by atoms with Crippen LogP contribution in [-0.4, -0.2) is 71.8 Å². The van der Waals surface area contributed by atoms with Crippen molar-refractivity contribution in [3.63, 3.8) is 0 Å². The Bertz CT molecular complexity index is 1250. The van der Waals surface area contributed by atoms with Gasteiger partial charge in [0.05, 0.1) is 30.8 Å². The molecule has 2 aliphatic rings. The van der Waals surface area contributed by atoms with Crippen LogP contribution in [0, 0.1) is 17.2 Å². The lowest BCUT2D eigenvalue weighted by Gasteiger charge is -2.33. The van der Waals surface area contributed by atoms with Crippen molar-refractivity contribution >= 4 is 34.7 Å². The van der Waals surface area contributed by atoms with Crippen LogP contribution in [0.5, 0.6) is 0 Å². The van der Waals surface area contributed by atoms with Crippen molar-refractivity contribution in [2.24, 2.45) is 5.92 Å². The molecule has 10 heteroatoms. The zero-order valence-corrected chi connectivity index (χ0v) is 21.7. The predicted molar refractivity (Wildman–Crippen MR) is 141 cm³/mol. The number of hydrogen-bond acceptors (Lipinski definition) is 6. The van der Waals surface area contributed by atoms with Gasteiger partial charge in [0, 0.05) is 32.0 Å². The number of nitrogens with one attached hydrogen (secondary N) is 2. The molecule has 0 aliphatic carbocycles. The number of aromatic nitrogens is 2. The first-order chi connectivity index (χ1) is 17.9. The summed E-state index contributed by atoms with van der Waals surface area (Å²) in [6.45, 7) is 7.04. The van der Waals surface area contributed by atoms with E-state index in [1.165, 1.54) is 7.11 Å². The maximum atomic E-state index is 13.0. The highest BCUT2D eigenvalue weighted by Crippen LogP contribution is 2.27. The van der Waals surface area contributed by atoms with Gasteiger partial charge >= 0.3 is 12.1 Å². The molecule has 0 spiro atoms. The number of urea groups is 1. The standard InChI is InChI=1S/C27H34N6O4/c1-4-20(21-5-6-22-23(16-21)30-25(29-22)31-26(34)36-3)15-18(2)24-9-12-33(13-14-37-24)27(35)32-10-7-19(17-28)8-11-32/h5-6,15-16,19H,4,7-14H2,1-3H3,(H2,29,30,31,34). The average molecular weight is 507 g/mol. The van der Waals surface area contributed by atoms with Crippen LogP contribution in [-0.2, 0) is 9.47 Å². The van der Waals surface area contributed by atoms with E-state index in [-0.39, 0.29) is 11.9 Å². The van der Waals surface area contributed by atoms with Gasteiger partial charge in [-0.1, -0.05) is 19.1 Å². The van der Waals surface area contributed by atoms with E-state index >= 15 is 0 Å². The molecule has 196 valence electrons. The summed E-state index contributed by atoms with van der Waals surface area (Å²) in [5, 5.41) is 11.7. The molecule has 3 heterocycles. The van der Waals surface area contributed by atoms with Crippen LogP contribution < -0.4 is 5.32 Å². The van der Waals surface area contributed by atoms with Crippen LogP contribution in [0.4, 0.5) is 15.5 Å². The maximum Gasteiger partial charge on any atom is 0.413 e. The highest BCUT2D eigenvalue weighted by molar-refractivity contribution is 5.87. The van der Waals surface area contributed by atoms with Crippen LogP contribution in [0.2, 0.25) is 0 Å². The quantitative estimate of drug-likeness (QED) is 0.609. The Labute approximate surface area is 216 Å². The van der Waals surface area contributed by atoms with Gasteiger partial charge in [0.1, 0.15) is 12.4 Å². The summed E-state index contributed by atoms with van der Waals surface area (Å²) in [6.07, 6.45) is 4.53. The van der Waals surface area contributed by atoms with Gasteiger partial charge in [0.25, 0.3) is 0 Å². The third-order valence-electron chi connectivity index (χ3n) is 6.93. The molecule has 4 rings (SSSR count). The number of anilines is 1. The van der Waals surface area contributed by atoms with E-state index in [1.54, 1.807) is 0 Å². The number of benzene rings is 1. The Morgan fingerprint density at radius 1 is 1.27 bits per heavy atom. The SMILES string of the molecule is CCC(=CC(C)=C1CCN(C(=O)N2CCC(C#N)CC2)CCO1)c1ccc2nc(NC(=O)OC)[nH]c2c1. The second-order valence-corrected chi connectivity index (χ2v) is 9.32. The summed E-state index contributed by atoms with van der Waals surface area (Å²) >= 11 is 0. The van der Waals surface area contributed by atoms with Crippen LogP contribution in [0.1, 0.15) is 45.1 Å². The molecule has 0 atom stereocenters. The monoisotopic (exact) mass is 506 g/mol. The van der Waals surface area contributed by atoms with Gasteiger partial charge in [0.15, 0.2) is 0 Å². The number of amides is 3. The Balaban J connectivity index is 1.45. The molecule has 0 unspecified atom stereocenters. The second kappa shape index (κ2) is 11.8. The molecule has 2 fully saturated rings. The van der Waals surface area contributed by atoms with E-state index in [2.05, 4.69) is 39.1 Å². The number of nitrogens with zero attached hydrogens (tertiary/aromatic N) is 4. The Kier molecular flexibility index (Phi) is 8.33. The van der Waals surface area contributed by atoms with E-state index in [0.29, 0.717) is 45.2 Å². The lowest BCUT2D eigenvalue weighted by Crippen LogP contribution is -2.47. The fraction of sp³-hybridized carbons (Fsp3) is 0.481. The van der Waals surface area contributed by atoms with Crippen LogP contribution in [0.25, 0.3) is 16.6 Å². The number of methoxy groups -OCH3 is 1. The number of carbonyl (C=O) groups is 2. The van der Waals surface area contributed by atoms with Gasteiger partial charge < -0.3 is 24.3 Å². The van der Waals surface area contributed by atoms with Gasteiger partial charge in [-0.05, 0) is 55.0 Å². The molecule has 2 aromatic rings. The Morgan fingerprint density at radius 3 is 2.73 bits per heavy atom. The van der Waals surface area contributed by atoms with Gasteiger partial charge in [-0.15, -0.1) is 0 Å². The van der Waals surface area contributed by atoms with Crippen molar-refractivity contribution in [2.45, 2.75) is 39.5 Å². The third-order valence-corrected chi connectivity index (χ3v) is 6.93. The molecule has 3 amide bonds. The van der Waals surface area contributed by atoms with Crippen LogP contribution in [0.15, 0.2) is 35.6 Å². The molecule has 0 saturated carbocycles. The predicted octanol–water partition coefficient (Wildman–Crippen LogP) is 4.89. The zero-order valence-electron chi connectivity index (χ0n) is 21.7. The summed E-state index contributed by atoms with van der Waals surface area (Å²) in [6, 6.07) is 8.30. The number of aromatic amines is 1. The molecular formula is C27H34N6O4. The number of piperidine rings is 1. The first-order valence-electron chi connectivity index (χ1n) is 12.7. The van der Waals surface area contributed by atoms with Crippen LogP contribution in [0.3, 0.4) is 0 Å². The van der Waals surface area contributed by atoms with Crippen LogP contribution >= 0.6 is 0 Å². The third kappa shape index (κ3) is 6.23. The lowest BCUT2D eigenvalue weighted by molar-refractivity contribution is 0.133. The normalized spacial score (nSPS) is 18.6. The molecule has 2 aliphatic heterocycles. The van der Waals surface area contributed by atoms with E-state index in [9.17, 15) is 9.59 Å². The van der Waals surface area contributed by atoms with E-state index < -0.39 is 6.09 Å². The summed E-state index contributed by atoms with van der Waals surface area (Å²) in [7, 11) is 1.30. The van der Waals surface area contributed by atoms with E-state index in [1.807, 2.05) is 34.9 Å². The fourth-order valence-electron chi connectivity index (χ4n) is 4.75. The van der Waals surface area contributed by atoms with E-state index in [0.717, 1.165) is 52.8 Å².